The topological polar surface area (TPSA) is 22.1 Å². The number of rotatable bonds is 4. The van der Waals surface area contributed by atoms with Gasteiger partial charge < -0.3 is 4.74 Å². The fraction of sp³-hybridized carbons (Fsp3) is 0.667. The zero-order chi connectivity index (χ0) is 12.1. The molecule has 0 bridgehead atoms. The molecular weight excluding hydrogens is 210 g/mol. The molecule has 0 N–H and O–H groups in total. The van der Waals surface area contributed by atoms with Crippen molar-refractivity contribution < 1.29 is 4.74 Å². The summed E-state index contributed by atoms with van der Waals surface area (Å²) in [6, 6.07) is 2.31. The predicted octanol–water partition coefficient (Wildman–Crippen LogP) is 3.25. The summed E-state index contributed by atoms with van der Waals surface area (Å²) in [7, 11) is 0. The molecule has 1 aromatic heterocycles. The normalized spacial score (nSPS) is 19.2. The smallest absolute Gasteiger partial charge is 0.0468 e. The third-order valence-electron chi connectivity index (χ3n) is 3.89. The van der Waals surface area contributed by atoms with E-state index in [0.717, 1.165) is 37.9 Å². The monoisotopic (exact) mass is 233 g/mol. The number of ether oxygens (including phenoxy) is 1. The van der Waals surface area contributed by atoms with Gasteiger partial charge in [0.05, 0.1) is 0 Å². The van der Waals surface area contributed by atoms with E-state index in [1.165, 1.54) is 24.0 Å². The molecule has 2 heterocycles. The molecule has 2 nitrogen and oxygen atoms in total. The number of hydrogen-bond donors (Lipinski definition) is 0. The van der Waals surface area contributed by atoms with E-state index in [2.05, 4.69) is 24.9 Å². The molecule has 1 fully saturated rings. The molecule has 1 unspecified atom stereocenters. The number of aryl methyl sites for hydroxylation is 1. The first-order valence-electron chi connectivity index (χ1n) is 6.80. The van der Waals surface area contributed by atoms with Crippen LogP contribution in [0, 0.1) is 11.8 Å². The molecular formula is C15H23NO. The molecule has 2 rings (SSSR count). The van der Waals surface area contributed by atoms with Crippen LogP contribution in [0.3, 0.4) is 0 Å². The molecule has 1 atom stereocenters. The van der Waals surface area contributed by atoms with Crippen LogP contribution >= 0.6 is 0 Å². The highest BCUT2D eigenvalue weighted by Gasteiger charge is 2.20. The van der Waals surface area contributed by atoms with Crippen LogP contribution in [-0.2, 0) is 17.6 Å². The van der Waals surface area contributed by atoms with E-state index < -0.39 is 0 Å². The lowest BCUT2D eigenvalue weighted by atomic mass is 9.83. The maximum Gasteiger partial charge on any atom is 0.0468 e. The van der Waals surface area contributed by atoms with Gasteiger partial charge in [0, 0.05) is 25.6 Å². The summed E-state index contributed by atoms with van der Waals surface area (Å²) in [5.41, 5.74) is 2.74. The molecule has 94 valence electrons. The Labute approximate surface area is 104 Å². The minimum atomic E-state index is 0.743. The van der Waals surface area contributed by atoms with E-state index in [1.54, 1.807) is 0 Å². The average Bonchev–Trinajstić information content (AvgIpc) is 2.40. The van der Waals surface area contributed by atoms with Gasteiger partial charge in [-0.05, 0) is 48.6 Å². The van der Waals surface area contributed by atoms with Crippen molar-refractivity contribution in [3.8, 4) is 0 Å². The van der Waals surface area contributed by atoms with Crippen molar-refractivity contribution in [3.63, 3.8) is 0 Å². The Kier molecular flexibility index (Phi) is 4.55. The lowest BCUT2D eigenvalue weighted by molar-refractivity contribution is 0.0495. The van der Waals surface area contributed by atoms with Gasteiger partial charge in [-0.15, -0.1) is 0 Å². The van der Waals surface area contributed by atoms with E-state index in [9.17, 15) is 0 Å². The van der Waals surface area contributed by atoms with Crippen molar-refractivity contribution in [1.82, 2.24) is 4.98 Å². The highest BCUT2D eigenvalue weighted by molar-refractivity contribution is 5.18. The fourth-order valence-electron chi connectivity index (χ4n) is 2.67. The molecule has 1 aromatic rings. The highest BCUT2D eigenvalue weighted by Crippen LogP contribution is 2.26. The Hall–Kier alpha value is -0.890. The Morgan fingerprint density at radius 1 is 1.29 bits per heavy atom. The molecule has 1 aliphatic heterocycles. The zero-order valence-electron chi connectivity index (χ0n) is 11.0. The first-order chi connectivity index (χ1) is 8.29. The predicted molar refractivity (Wildman–Crippen MR) is 70.0 cm³/mol. The second kappa shape index (κ2) is 6.15. The first-order valence-corrected chi connectivity index (χ1v) is 6.80. The van der Waals surface area contributed by atoms with Crippen molar-refractivity contribution in [2.75, 3.05) is 13.2 Å². The standard InChI is InChI=1S/C15H23NO/c1-3-13-9-14(11-16-10-13)8-12(2)15-4-6-17-7-5-15/h9-12,15H,3-8H2,1-2H3. The van der Waals surface area contributed by atoms with Crippen LogP contribution in [0.5, 0.6) is 0 Å². The van der Waals surface area contributed by atoms with Crippen molar-refractivity contribution >= 4 is 0 Å². The fourth-order valence-corrected chi connectivity index (χ4v) is 2.67. The molecule has 1 saturated heterocycles. The second-order valence-corrected chi connectivity index (χ2v) is 5.19. The first kappa shape index (κ1) is 12.6. The van der Waals surface area contributed by atoms with Crippen molar-refractivity contribution in [2.24, 2.45) is 11.8 Å². The van der Waals surface area contributed by atoms with Crippen LogP contribution in [0.4, 0.5) is 0 Å². The van der Waals surface area contributed by atoms with E-state index in [0.29, 0.717) is 0 Å². The van der Waals surface area contributed by atoms with Gasteiger partial charge >= 0.3 is 0 Å². The lowest BCUT2D eigenvalue weighted by Gasteiger charge is -2.27. The molecule has 1 aliphatic rings. The van der Waals surface area contributed by atoms with Gasteiger partial charge in [-0.3, -0.25) is 4.98 Å². The summed E-state index contributed by atoms with van der Waals surface area (Å²) in [5.74, 6) is 1.57. The van der Waals surface area contributed by atoms with Gasteiger partial charge in [-0.1, -0.05) is 19.9 Å². The van der Waals surface area contributed by atoms with Crippen LogP contribution in [0.1, 0.15) is 37.8 Å². The SMILES string of the molecule is CCc1cncc(CC(C)C2CCOCC2)c1. The minimum absolute atomic E-state index is 0.743. The Balaban J connectivity index is 1.94. The molecule has 2 heteroatoms. The lowest BCUT2D eigenvalue weighted by Crippen LogP contribution is -2.23. The summed E-state index contributed by atoms with van der Waals surface area (Å²) in [6.07, 6.45) is 8.68. The summed E-state index contributed by atoms with van der Waals surface area (Å²) < 4.78 is 5.42. The van der Waals surface area contributed by atoms with Gasteiger partial charge in [0.25, 0.3) is 0 Å². The summed E-state index contributed by atoms with van der Waals surface area (Å²) in [4.78, 5) is 4.33. The largest absolute Gasteiger partial charge is 0.381 e. The number of nitrogens with zero attached hydrogens (tertiary/aromatic N) is 1. The van der Waals surface area contributed by atoms with Crippen LogP contribution in [0.2, 0.25) is 0 Å². The highest BCUT2D eigenvalue weighted by atomic mass is 16.5. The molecule has 0 radical (unpaired) electrons. The third kappa shape index (κ3) is 3.53. The van der Waals surface area contributed by atoms with Crippen molar-refractivity contribution in [3.05, 3.63) is 29.6 Å². The molecule has 0 aliphatic carbocycles. The zero-order valence-corrected chi connectivity index (χ0v) is 11.0. The Morgan fingerprint density at radius 3 is 2.71 bits per heavy atom. The van der Waals surface area contributed by atoms with Gasteiger partial charge in [-0.25, -0.2) is 0 Å². The number of hydrogen-bond acceptors (Lipinski definition) is 2. The molecule has 0 aromatic carbocycles. The summed E-state index contributed by atoms with van der Waals surface area (Å²) in [5, 5.41) is 0. The quantitative estimate of drug-likeness (QED) is 0.796. The summed E-state index contributed by atoms with van der Waals surface area (Å²) in [6.45, 7) is 6.45. The van der Waals surface area contributed by atoms with Gasteiger partial charge in [0.15, 0.2) is 0 Å². The maximum absolute atomic E-state index is 5.42. The molecule has 0 amide bonds. The Morgan fingerprint density at radius 2 is 2.00 bits per heavy atom. The van der Waals surface area contributed by atoms with Gasteiger partial charge in [0.1, 0.15) is 0 Å². The molecule has 0 spiro atoms. The van der Waals surface area contributed by atoms with Crippen molar-refractivity contribution in [2.45, 2.75) is 39.5 Å². The van der Waals surface area contributed by atoms with Crippen molar-refractivity contribution in [1.29, 1.82) is 0 Å². The van der Waals surface area contributed by atoms with Crippen LogP contribution in [0.15, 0.2) is 18.5 Å². The average molecular weight is 233 g/mol. The van der Waals surface area contributed by atoms with E-state index in [1.807, 2.05) is 12.4 Å². The maximum atomic E-state index is 5.42. The third-order valence-corrected chi connectivity index (χ3v) is 3.89. The van der Waals surface area contributed by atoms with Crippen LogP contribution in [-0.4, -0.2) is 18.2 Å². The second-order valence-electron chi connectivity index (χ2n) is 5.19. The Bertz CT molecular complexity index is 345. The van der Waals surface area contributed by atoms with Gasteiger partial charge in [0.2, 0.25) is 0 Å². The summed E-state index contributed by atoms with van der Waals surface area (Å²) >= 11 is 0. The number of aromatic nitrogens is 1. The van der Waals surface area contributed by atoms with Gasteiger partial charge in [-0.2, -0.15) is 0 Å². The molecule has 0 saturated carbocycles. The minimum Gasteiger partial charge on any atom is -0.381 e. The van der Waals surface area contributed by atoms with E-state index in [4.69, 9.17) is 4.74 Å². The van der Waals surface area contributed by atoms with Crippen LogP contribution < -0.4 is 0 Å². The van der Waals surface area contributed by atoms with Crippen LogP contribution in [0.25, 0.3) is 0 Å². The van der Waals surface area contributed by atoms with E-state index >= 15 is 0 Å². The van der Waals surface area contributed by atoms with E-state index in [-0.39, 0.29) is 0 Å². The number of pyridine rings is 1. The molecule has 17 heavy (non-hydrogen) atoms.